The van der Waals surface area contributed by atoms with E-state index in [0.717, 1.165) is 24.0 Å². The molecule has 0 aliphatic carbocycles. The first-order valence-electron chi connectivity index (χ1n) is 6.37. The van der Waals surface area contributed by atoms with Gasteiger partial charge in [-0.2, -0.15) is 0 Å². The Morgan fingerprint density at radius 3 is 3.00 bits per heavy atom. The van der Waals surface area contributed by atoms with Gasteiger partial charge in [-0.25, -0.2) is 4.39 Å². The molecule has 2 heterocycles. The first kappa shape index (κ1) is 11.6. The molecule has 0 spiro atoms. The topological polar surface area (TPSA) is 20.3 Å². The van der Waals surface area contributed by atoms with Crippen molar-refractivity contribution in [3.05, 3.63) is 41.2 Å². The van der Waals surface area contributed by atoms with E-state index in [4.69, 9.17) is 0 Å². The van der Waals surface area contributed by atoms with E-state index in [0.29, 0.717) is 12.5 Å². The van der Waals surface area contributed by atoms with Crippen molar-refractivity contribution in [2.24, 2.45) is 0 Å². The molecule has 0 aromatic heterocycles. The number of carbonyl (C=O) groups excluding carboxylic acids is 1. The number of ketones is 1. The Hall–Kier alpha value is -1.48. The third-order valence-corrected chi connectivity index (χ3v) is 4.11. The summed E-state index contributed by atoms with van der Waals surface area (Å²) in [7, 11) is 2.08. The van der Waals surface area contributed by atoms with Gasteiger partial charge in [0.2, 0.25) is 0 Å². The summed E-state index contributed by atoms with van der Waals surface area (Å²) in [5.74, 6) is -0.0323. The summed E-state index contributed by atoms with van der Waals surface area (Å²) in [6.07, 6.45) is 4.59. The van der Waals surface area contributed by atoms with Crippen LogP contribution in [0.4, 0.5) is 4.39 Å². The van der Waals surface area contributed by atoms with Gasteiger partial charge in [0.05, 0.1) is 0 Å². The maximum atomic E-state index is 13.2. The zero-order chi connectivity index (χ0) is 12.7. The summed E-state index contributed by atoms with van der Waals surface area (Å²) in [5, 5.41) is 0. The Kier molecular flexibility index (Phi) is 2.78. The van der Waals surface area contributed by atoms with E-state index >= 15 is 0 Å². The number of carbonyl (C=O) groups is 1. The van der Waals surface area contributed by atoms with Gasteiger partial charge in [0.15, 0.2) is 5.78 Å². The smallest absolute Gasteiger partial charge is 0.162 e. The lowest BCUT2D eigenvalue weighted by Crippen LogP contribution is -2.41. The van der Waals surface area contributed by atoms with E-state index in [2.05, 4.69) is 11.9 Å². The van der Waals surface area contributed by atoms with Gasteiger partial charge in [-0.3, -0.25) is 9.69 Å². The van der Waals surface area contributed by atoms with Gasteiger partial charge >= 0.3 is 0 Å². The third-order valence-electron chi connectivity index (χ3n) is 4.11. The molecular formula is C15H16FNO. The van der Waals surface area contributed by atoms with Crippen LogP contribution in [0.1, 0.15) is 24.8 Å². The maximum Gasteiger partial charge on any atom is 0.162 e. The Morgan fingerprint density at radius 2 is 2.22 bits per heavy atom. The van der Waals surface area contributed by atoms with Crippen molar-refractivity contribution in [2.75, 3.05) is 7.05 Å². The molecule has 0 unspecified atom stereocenters. The molecule has 2 saturated heterocycles. The number of benzene rings is 1. The van der Waals surface area contributed by atoms with Crippen LogP contribution in [0.3, 0.4) is 0 Å². The second-order valence-electron chi connectivity index (χ2n) is 5.19. The molecule has 0 saturated carbocycles. The van der Waals surface area contributed by atoms with E-state index < -0.39 is 0 Å². The molecule has 2 bridgehead atoms. The van der Waals surface area contributed by atoms with Gasteiger partial charge in [-0.15, -0.1) is 0 Å². The Morgan fingerprint density at radius 1 is 1.39 bits per heavy atom. The number of nitrogens with zero attached hydrogens (tertiary/aromatic N) is 1. The second kappa shape index (κ2) is 4.32. The molecule has 0 radical (unpaired) electrons. The van der Waals surface area contributed by atoms with Gasteiger partial charge in [-0.1, -0.05) is 12.1 Å². The predicted molar refractivity (Wildman–Crippen MR) is 68.6 cm³/mol. The number of hydrogen-bond donors (Lipinski definition) is 0. The van der Waals surface area contributed by atoms with Gasteiger partial charge in [-0.05, 0) is 43.7 Å². The molecule has 94 valence electrons. The summed E-state index contributed by atoms with van der Waals surface area (Å²) < 4.78 is 13.2. The van der Waals surface area contributed by atoms with Crippen LogP contribution in [0, 0.1) is 5.82 Å². The minimum Gasteiger partial charge on any atom is -0.296 e. The van der Waals surface area contributed by atoms with Crippen LogP contribution in [0.2, 0.25) is 0 Å². The largest absolute Gasteiger partial charge is 0.296 e. The average Bonchev–Trinajstić information content (AvgIpc) is 2.58. The van der Waals surface area contributed by atoms with Crippen molar-refractivity contribution in [1.29, 1.82) is 0 Å². The number of fused-ring (bicyclic) bond motifs is 2. The lowest BCUT2D eigenvalue weighted by Gasteiger charge is -2.32. The minimum absolute atomic E-state index is 0.222. The lowest BCUT2D eigenvalue weighted by molar-refractivity contribution is -0.118. The fourth-order valence-electron chi connectivity index (χ4n) is 3.10. The highest BCUT2D eigenvalue weighted by Gasteiger charge is 2.41. The van der Waals surface area contributed by atoms with E-state index in [9.17, 15) is 9.18 Å². The summed E-state index contributed by atoms with van der Waals surface area (Å²) in [6, 6.07) is 7.04. The molecule has 2 atom stereocenters. The molecule has 2 nitrogen and oxygen atoms in total. The molecule has 3 rings (SSSR count). The number of Topliss-reactive ketones (excluding diaryl/α,β-unsaturated/α-hetero) is 1. The predicted octanol–water partition coefficient (Wildman–Crippen LogP) is 2.64. The fraction of sp³-hybridized carbons (Fsp3) is 0.400. The highest BCUT2D eigenvalue weighted by atomic mass is 19.1. The molecule has 1 aromatic carbocycles. The van der Waals surface area contributed by atoms with Crippen molar-refractivity contribution in [3.8, 4) is 0 Å². The normalized spacial score (nSPS) is 30.1. The highest BCUT2D eigenvalue weighted by Crippen LogP contribution is 2.36. The maximum absolute atomic E-state index is 13.2. The molecule has 2 aliphatic rings. The van der Waals surface area contributed by atoms with Gasteiger partial charge < -0.3 is 0 Å². The van der Waals surface area contributed by atoms with Crippen LogP contribution >= 0.6 is 0 Å². The summed E-state index contributed by atoms with van der Waals surface area (Å²) in [5.41, 5.74) is 1.62. The monoisotopic (exact) mass is 245 g/mol. The average molecular weight is 245 g/mol. The van der Waals surface area contributed by atoms with E-state index in [1.165, 1.54) is 12.1 Å². The molecule has 1 aromatic rings. The summed E-state index contributed by atoms with van der Waals surface area (Å²) in [6.45, 7) is 0. The molecule has 0 N–H and O–H groups in total. The Bertz CT molecular complexity index is 523. The molecule has 18 heavy (non-hydrogen) atoms. The van der Waals surface area contributed by atoms with Crippen LogP contribution in [0.25, 0.3) is 6.08 Å². The molecule has 0 amide bonds. The van der Waals surface area contributed by atoms with Crippen LogP contribution in [0.5, 0.6) is 0 Å². The second-order valence-corrected chi connectivity index (χ2v) is 5.19. The molecule has 3 heteroatoms. The SMILES string of the molecule is CN1[C@H]2CC[C@H]1/C(=C/c1cccc(F)c1)C(=O)C2. The molecular weight excluding hydrogens is 229 g/mol. The molecule has 2 aliphatic heterocycles. The molecule has 2 fully saturated rings. The summed E-state index contributed by atoms with van der Waals surface area (Å²) >= 11 is 0. The quantitative estimate of drug-likeness (QED) is 0.709. The van der Waals surface area contributed by atoms with Crippen LogP contribution in [0.15, 0.2) is 29.8 Å². The van der Waals surface area contributed by atoms with E-state index in [-0.39, 0.29) is 17.6 Å². The fourth-order valence-corrected chi connectivity index (χ4v) is 3.10. The number of halogens is 1. The van der Waals surface area contributed by atoms with Crippen molar-refractivity contribution in [2.45, 2.75) is 31.3 Å². The van der Waals surface area contributed by atoms with Crippen molar-refractivity contribution < 1.29 is 9.18 Å². The Labute approximate surface area is 106 Å². The standard InChI is InChI=1S/C15H16FNO/c1-17-12-5-6-14(17)13(15(18)9-12)8-10-3-2-4-11(16)7-10/h2-4,7-8,12,14H,5-6,9H2,1H3/b13-8-/t12-,14-/m0/s1. The lowest BCUT2D eigenvalue weighted by atomic mass is 9.94. The van der Waals surface area contributed by atoms with Crippen molar-refractivity contribution in [1.82, 2.24) is 4.90 Å². The summed E-state index contributed by atoms with van der Waals surface area (Å²) in [4.78, 5) is 14.4. The third kappa shape index (κ3) is 1.89. The van der Waals surface area contributed by atoms with Gasteiger partial charge in [0.1, 0.15) is 5.82 Å². The van der Waals surface area contributed by atoms with Crippen molar-refractivity contribution in [3.63, 3.8) is 0 Å². The zero-order valence-electron chi connectivity index (χ0n) is 10.4. The van der Waals surface area contributed by atoms with Crippen LogP contribution in [-0.4, -0.2) is 29.8 Å². The Balaban J connectivity index is 1.97. The number of rotatable bonds is 1. The van der Waals surface area contributed by atoms with Crippen LogP contribution < -0.4 is 0 Å². The highest BCUT2D eigenvalue weighted by molar-refractivity contribution is 6.02. The minimum atomic E-state index is -0.259. The van der Waals surface area contributed by atoms with E-state index in [1.54, 1.807) is 6.07 Å². The van der Waals surface area contributed by atoms with Crippen LogP contribution in [-0.2, 0) is 4.79 Å². The zero-order valence-corrected chi connectivity index (χ0v) is 10.4. The van der Waals surface area contributed by atoms with E-state index in [1.807, 2.05) is 12.1 Å². The first-order valence-corrected chi connectivity index (χ1v) is 6.37. The first-order chi connectivity index (χ1) is 8.65. The number of hydrogen-bond acceptors (Lipinski definition) is 2. The van der Waals surface area contributed by atoms with Gasteiger partial charge in [0, 0.05) is 24.1 Å². The number of likely N-dealkylation sites (N-methyl/N-ethyl adjacent to an activating group) is 1. The van der Waals surface area contributed by atoms with Gasteiger partial charge in [0.25, 0.3) is 0 Å². The van der Waals surface area contributed by atoms with Crippen molar-refractivity contribution >= 4 is 11.9 Å². The number of piperidine rings is 1.